The molecule has 1 nitrogen and oxygen atoms in total. The Morgan fingerprint density at radius 3 is 2.25 bits per heavy atom. The fourth-order valence-electron chi connectivity index (χ4n) is 1.41. The number of Topliss-reactive ketones (excluding diaryl/α,β-unsaturated/α-hetero) is 1. The van der Waals surface area contributed by atoms with Crippen LogP contribution in [0.3, 0.4) is 0 Å². The van der Waals surface area contributed by atoms with Crippen LogP contribution >= 0.6 is 44.0 Å². The van der Waals surface area contributed by atoms with Crippen molar-refractivity contribution >= 4 is 49.8 Å². The first kappa shape index (κ1) is 14.3. The molecule has 0 bridgehead atoms. The van der Waals surface area contributed by atoms with E-state index in [0.717, 1.165) is 12.8 Å². The standard InChI is InChI=1S/C11H12Cl3OP/c1-2-3-9(16)11(15)10-7(13)4-6(12)5-8(10)14/h4-5,9H,2-3,16H2,1H3. The average molecular weight is 298 g/mol. The molecule has 16 heavy (non-hydrogen) atoms. The molecule has 0 aliphatic carbocycles. The third-order valence-electron chi connectivity index (χ3n) is 2.19. The van der Waals surface area contributed by atoms with Crippen LogP contribution in [0.25, 0.3) is 0 Å². The lowest BCUT2D eigenvalue weighted by Gasteiger charge is -2.12. The van der Waals surface area contributed by atoms with E-state index in [-0.39, 0.29) is 11.4 Å². The molecule has 0 N–H and O–H groups in total. The van der Waals surface area contributed by atoms with E-state index in [1.54, 1.807) is 0 Å². The first-order chi connectivity index (χ1) is 7.47. The molecule has 0 fully saturated rings. The van der Waals surface area contributed by atoms with Crippen LogP contribution in [0.5, 0.6) is 0 Å². The number of carbonyl (C=O) groups excluding carboxylic acids is 1. The first-order valence-corrected chi connectivity index (χ1v) is 6.71. The van der Waals surface area contributed by atoms with Gasteiger partial charge in [-0.1, -0.05) is 48.1 Å². The van der Waals surface area contributed by atoms with Gasteiger partial charge in [0.2, 0.25) is 0 Å². The zero-order chi connectivity index (χ0) is 12.3. The van der Waals surface area contributed by atoms with Gasteiger partial charge >= 0.3 is 0 Å². The van der Waals surface area contributed by atoms with E-state index in [1.807, 2.05) is 6.92 Å². The summed E-state index contributed by atoms with van der Waals surface area (Å²) >= 11 is 17.7. The van der Waals surface area contributed by atoms with Crippen molar-refractivity contribution in [3.63, 3.8) is 0 Å². The average Bonchev–Trinajstić information content (AvgIpc) is 2.16. The number of ketones is 1. The molecule has 0 aliphatic heterocycles. The van der Waals surface area contributed by atoms with Crippen LogP contribution in [-0.2, 0) is 0 Å². The van der Waals surface area contributed by atoms with Crippen molar-refractivity contribution in [3.8, 4) is 0 Å². The fourth-order valence-corrected chi connectivity index (χ4v) is 2.91. The lowest BCUT2D eigenvalue weighted by atomic mass is 10.1. The highest BCUT2D eigenvalue weighted by Gasteiger charge is 2.20. The Morgan fingerprint density at radius 2 is 1.81 bits per heavy atom. The van der Waals surface area contributed by atoms with Crippen LogP contribution in [0.1, 0.15) is 30.1 Å². The smallest absolute Gasteiger partial charge is 0.172 e. The van der Waals surface area contributed by atoms with Gasteiger partial charge in [-0.3, -0.25) is 4.79 Å². The Hall–Kier alpha value is 0.190. The minimum Gasteiger partial charge on any atom is -0.293 e. The third kappa shape index (κ3) is 3.34. The molecule has 2 atom stereocenters. The molecule has 2 unspecified atom stereocenters. The van der Waals surface area contributed by atoms with E-state index in [1.165, 1.54) is 12.1 Å². The molecule has 0 aliphatic rings. The maximum atomic E-state index is 12.1. The number of hydrogen-bond acceptors (Lipinski definition) is 1. The number of carbonyl (C=O) groups is 1. The third-order valence-corrected chi connectivity index (χ3v) is 3.64. The highest BCUT2D eigenvalue weighted by atomic mass is 35.5. The molecule has 1 aromatic rings. The second-order valence-electron chi connectivity index (χ2n) is 3.50. The Bertz CT molecular complexity index is 383. The SMILES string of the molecule is CCCC(P)C(=O)c1c(Cl)cc(Cl)cc1Cl. The largest absolute Gasteiger partial charge is 0.293 e. The summed E-state index contributed by atoms with van der Waals surface area (Å²) in [5.74, 6) is -0.0569. The van der Waals surface area contributed by atoms with E-state index in [4.69, 9.17) is 34.8 Å². The highest BCUT2D eigenvalue weighted by Crippen LogP contribution is 2.31. The summed E-state index contributed by atoms with van der Waals surface area (Å²) in [6.07, 6.45) is 1.72. The van der Waals surface area contributed by atoms with Crippen molar-refractivity contribution in [3.05, 3.63) is 32.8 Å². The molecule has 1 rings (SSSR count). The predicted molar refractivity (Wildman–Crippen MR) is 74.2 cm³/mol. The Balaban J connectivity index is 3.08. The molecular weight excluding hydrogens is 285 g/mol. The minimum absolute atomic E-state index is 0.0569. The molecule has 0 saturated heterocycles. The van der Waals surface area contributed by atoms with Crippen molar-refractivity contribution < 1.29 is 4.79 Å². The van der Waals surface area contributed by atoms with Gasteiger partial charge in [0.05, 0.1) is 15.6 Å². The maximum Gasteiger partial charge on any atom is 0.172 e. The van der Waals surface area contributed by atoms with Gasteiger partial charge in [0, 0.05) is 10.7 Å². The van der Waals surface area contributed by atoms with Crippen LogP contribution in [-0.4, -0.2) is 11.4 Å². The van der Waals surface area contributed by atoms with E-state index >= 15 is 0 Å². The van der Waals surface area contributed by atoms with Crippen molar-refractivity contribution in [2.24, 2.45) is 0 Å². The first-order valence-electron chi connectivity index (χ1n) is 4.91. The number of hydrogen-bond donors (Lipinski definition) is 0. The normalized spacial score (nSPS) is 12.6. The quantitative estimate of drug-likeness (QED) is 0.572. The molecule has 0 heterocycles. The van der Waals surface area contributed by atoms with Crippen molar-refractivity contribution in [2.75, 3.05) is 0 Å². The Kier molecular flexibility index (Phi) is 5.53. The van der Waals surface area contributed by atoms with Gasteiger partial charge in [0.15, 0.2) is 5.78 Å². The predicted octanol–water partition coefficient (Wildman–Crippen LogP) is 4.87. The zero-order valence-corrected chi connectivity index (χ0v) is 12.2. The molecule has 0 spiro atoms. The van der Waals surface area contributed by atoms with Crippen LogP contribution in [0, 0.1) is 0 Å². The van der Waals surface area contributed by atoms with Gasteiger partial charge < -0.3 is 0 Å². The van der Waals surface area contributed by atoms with Gasteiger partial charge in [0.25, 0.3) is 0 Å². The summed E-state index contributed by atoms with van der Waals surface area (Å²) in [5.41, 5.74) is 0.211. The molecule has 1 aromatic carbocycles. The number of benzene rings is 1. The maximum absolute atomic E-state index is 12.1. The van der Waals surface area contributed by atoms with Crippen LogP contribution in [0.15, 0.2) is 12.1 Å². The van der Waals surface area contributed by atoms with Crippen LogP contribution in [0.2, 0.25) is 15.1 Å². The van der Waals surface area contributed by atoms with Crippen LogP contribution < -0.4 is 0 Å². The molecular formula is C11H12Cl3OP. The summed E-state index contributed by atoms with van der Waals surface area (Å²) in [7, 11) is 2.52. The molecule has 0 amide bonds. The van der Waals surface area contributed by atoms with Crippen LogP contribution in [0.4, 0.5) is 0 Å². The van der Waals surface area contributed by atoms with E-state index < -0.39 is 0 Å². The molecule has 0 saturated carbocycles. The van der Waals surface area contributed by atoms with Gasteiger partial charge in [-0.05, 0) is 18.6 Å². The van der Waals surface area contributed by atoms with Gasteiger partial charge in [-0.2, -0.15) is 0 Å². The lowest BCUT2D eigenvalue weighted by molar-refractivity contribution is 0.0986. The van der Waals surface area contributed by atoms with E-state index in [0.29, 0.717) is 20.6 Å². The molecule has 0 aromatic heterocycles. The highest BCUT2D eigenvalue weighted by molar-refractivity contribution is 7.19. The fraction of sp³-hybridized carbons (Fsp3) is 0.364. The molecule has 5 heteroatoms. The zero-order valence-electron chi connectivity index (χ0n) is 8.77. The Morgan fingerprint density at radius 1 is 1.31 bits per heavy atom. The van der Waals surface area contributed by atoms with Gasteiger partial charge in [-0.25, -0.2) is 0 Å². The number of rotatable bonds is 4. The monoisotopic (exact) mass is 296 g/mol. The van der Waals surface area contributed by atoms with Gasteiger partial charge in [-0.15, -0.1) is 9.24 Å². The van der Waals surface area contributed by atoms with Crippen molar-refractivity contribution in [2.45, 2.75) is 25.4 Å². The summed E-state index contributed by atoms with van der Waals surface area (Å²) in [6.45, 7) is 2.02. The number of halogens is 3. The lowest BCUT2D eigenvalue weighted by Crippen LogP contribution is -2.14. The second kappa shape index (κ2) is 6.21. The Labute approximate surface area is 113 Å². The summed E-state index contributed by atoms with van der Waals surface area (Å²) in [5, 5.41) is 1.06. The molecule has 88 valence electrons. The van der Waals surface area contributed by atoms with Crippen molar-refractivity contribution in [1.29, 1.82) is 0 Å². The van der Waals surface area contributed by atoms with E-state index in [2.05, 4.69) is 9.24 Å². The summed E-state index contributed by atoms with van der Waals surface area (Å²) in [4.78, 5) is 12.1. The topological polar surface area (TPSA) is 17.1 Å². The summed E-state index contributed by atoms with van der Waals surface area (Å²) < 4.78 is 0. The van der Waals surface area contributed by atoms with E-state index in [9.17, 15) is 4.79 Å². The minimum atomic E-state index is -0.152. The van der Waals surface area contributed by atoms with Crippen molar-refractivity contribution in [1.82, 2.24) is 0 Å². The molecule has 0 radical (unpaired) electrons. The second-order valence-corrected chi connectivity index (χ2v) is 5.56. The summed E-state index contributed by atoms with van der Waals surface area (Å²) in [6, 6.07) is 3.07. The van der Waals surface area contributed by atoms with Gasteiger partial charge in [0.1, 0.15) is 0 Å².